The summed E-state index contributed by atoms with van der Waals surface area (Å²) in [5, 5.41) is 5.74. The number of thioether (sulfide) groups is 1. The van der Waals surface area contributed by atoms with E-state index in [1.165, 1.54) is 19.3 Å². The summed E-state index contributed by atoms with van der Waals surface area (Å²) in [5.41, 5.74) is 0.809. The highest BCUT2D eigenvalue weighted by Crippen LogP contribution is 2.44. The number of fused-ring (bicyclic) bond motifs is 2. The molecule has 0 aliphatic carbocycles. The van der Waals surface area contributed by atoms with Crippen molar-refractivity contribution in [2.75, 3.05) is 0 Å². The molecular formula is C15H22N2OS. The van der Waals surface area contributed by atoms with Gasteiger partial charge >= 0.3 is 0 Å². The lowest BCUT2D eigenvalue weighted by Gasteiger charge is -2.37. The van der Waals surface area contributed by atoms with Gasteiger partial charge < -0.3 is 0 Å². The fourth-order valence-corrected chi connectivity index (χ4v) is 5.09. The molecule has 0 saturated carbocycles. The number of hydrogen-bond donors (Lipinski definition) is 0. The van der Waals surface area contributed by atoms with Gasteiger partial charge in [-0.3, -0.25) is 9.48 Å². The third-order valence-corrected chi connectivity index (χ3v) is 5.94. The second-order valence-electron chi connectivity index (χ2n) is 6.15. The number of ketones is 1. The molecule has 3 rings (SSSR count). The van der Waals surface area contributed by atoms with Crippen LogP contribution in [0.4, 0.5) is 0 Å². The van der Waals surface area contributed by atoms with Crippen LogP contribution in [-0.4, -0.2) is 26.1 Å². The first kappa shape index (κ1) is 13.2. The van der Waals surface area contributed by atoms with Gasteiger partial charge in [0.05, 0.1) is 11.8 Å². The van der Waals surface area contributed by atoms with Gasteiger partial charge in [-0.2, -0.15) is 16.9 Å². The summed E-state index contributed by atoms with van der Waals surface area (Å²) in [6.07, 6.45) is 9.78. The van der Waals surface area contributed by atoms with Crippen molar-refractivity contribution in [3.05, 3.63) is 18.0 Å². The number of carbonyl (C=O) groups excluding carboxylic acids is 1. The lowest BCUT2D eigenvalue weighted by molar-refractivity contribution is 0.0896. The Kier molecular flexibility index (Phi) is 3.70. The number of Topliss-reactive ketones (excluding diaryl/α,β-unsaturated/α-hetero) is 1. The monoisotopic (exact) mass is 278 g/mol. The van der Waals surface area contributed by atoms with Crippen LogP contribution in [0.3, 0.4) is 0 Å². The fourth-order valence-electron chi connectivity index (χ4n) is 3.26. The minimum absolute atomic E-state index is 0.237. The number of aromatic nitrogens is 2. The molecule has 0 radical (unpaired) electrons. The maximum Gasteiger partial charge on any atom is 0.169 e. The Morgan fingerprint density at radius 1 is 1.37 bits per heavy atom. The van der Waals surface area contributed by atoms with Gasteiger partial charge in [0.2, 0.25) is 0 Å². The lowest BCUT2D eigenvalue weighted by Crippen LogP contribution is -2.32. The Balaban J connectivity index is 1.72. The molecule has 19 heavy (non-hydrogen) atoms. The predicted octanol–water partition coefficient (Wildman–Crippen LogP) is 3.71. The smallest absolute Gasteiger partial charge is 0.169 e. The van der Waals surface area contributed by atoms with E-state index in [9.17, 15) is 4.79 Å². The van der Waals surface area contributed by atoms with Crippen molar-refractivity contribution >= 4 is 17.5 Å². The summed E-state index contributed by atoms with van der Waals surface area (Å²) in [4.78, 5) is 12.6. The van der Waals surface area contributed by atoms with Crippen molar-refractivity contribution in [1.82, 2.24) is 9.78 Å². The largest absolute Gasteiger partial charge is 0.294 e. The standard InChI is InChI=1S/C15H22N2OS/c1-10(2)17-9-12(8-16-17)15(18)11-6-13-4-3-5-14(7-11)19-13/h8-11,13-14H,3-7H2,1-2H3. The molecule has 2 bridgehead atoms. The van der Waals surface area contributed by atoms with Gasteiger partial charge in [-0.1, -0.05) is 6.42 Å². The van der Waals surface area contributed by atoms with Crippen molar-refractivity contribution in [3.63, 3.8) is 0 Å². The zero-order valence-electron chi connectivity index (χ0n) is 11.7. The quantitative estimate of drug-likeness (QED) is 0.791. The number of hydrogen-bond acceptors (Lipinski definition) is 3. The SMILES string of the molecule is CC(C)n1cc(C(=O)C2CC3CCCC(C2)S3)cn1. The highest BCUT2D eigenvalue weighted by atomic mass is 32.2. The molecule has 2 saturated heterocycles. The molecular weight excluding hydrogens is 256 g/mol. The molecule has 4 heteroatoms. The van der Waals surface area contributed by atoms with Crippen molar-refractivity contribution in [3.8, 4) is 0 Å². The van der Waals surface area contributed by atoms with Gasteiger partial charge in [-0.15, -0.1) is 0 Å². The zero-order chi connectivity index (χ0) is 13.4. The molecule has 2 aliphatic heterocycles. The minimum atomic E-state index is 0.237. The summed E-state index contributed by atoms with van der Waals surface area (Å²) in [7, 11) is 0. The number of rotatable bonds is 3. The maximum absolute atomic E-state index is 12.6. The summed E-state index contributed by atoms with van der Waals surface area (Å²) in [5.74, 6) is 0.561. The summed E-state index contributed by atoms with van der Waals surface area (Å²) in [6, 6.07) is 0.322. The van der Waals surface area contributed by atoms with Crippen LogP contribution in [0.5, 0.6) is 0 Å². The molecule has 2 atom stereocenters. The van der Waals surface area contributed by atoms with Gasteiger partial charge in [0, 0.05) is 28.7 Å². The third kappa shape index (κ3) is 2.73. The van der Waals surface area contributed by atoms with E-state index < -0.39 is 0 Å². The Labute approximate surface area is 119 Å². The molecule has 0 N–H and O–H groups in total. The van der Waals surface area contributed by atoms with E-state index in [-0.39, 0.29) is 5.92 Å². The number of nitrogens with zero attached hydrogens (tertiary/aromatic N) is 2. The average molecular weight is 278 g/mol. The molecule has 2 aliphatic rings. The normalized spacial score (nSPS) is 30.6. The van der Waals surface area contributed by atoms with Crippen molar-refractivity contribution in [1.29, 1.82) is 0 Å². The molecule has 2 unspecified atom stereocenters. The molecule has 1 aromatic heterocycles. The Morgan fingerprint density at radius 2 is 2.05 bits per heavy atom. The first-order chi connectivity index (χ1) is 9.13. The van der Waals surface area contributed by atoms with Crippen molar-refractivity contribution in [2.45, 2.75) is 62.5 Å². The van der Waals surface area contributed by atoms with Crippen LogP contribution in [-0.2, 0) is 0 Å². The van der Waals surface area contributed by atoms with Gasteiger partial charge in [-0.05, 0) is 39.5 Å². The van der Waals surface area contributed by atoms with Gasteiger partial charge in [-0.25, -0.2) is 0 Å². The van der Waals surface area contributed by atoms with E-state index in [1.54, 1.807) is 6.20 Å². The van der Waals surface area contributed by atoms with E-state index in [0.717, 1.165) is 28.9 Å². The number of carbonyl (C=O) groups is 1. The van der Waals surface area contributed by atoms with E-state index in [1.807, 2.05) is 10.9 Å². The molecule has 0 spiro atoms. The summed E-state index contributed by atoms with van der Waals surface area (Å²) >= 11 is 2.13. The van der Waals surface area contributed by atoms with Crippen LogP contribution in [0.25, 0.3) is 0 Å². The second kappa shape index (κ2) is 5.31. The molecule has 1 aromatic rings. The first-order valence-electron chi connectivity index (χ1n) is 7.37. The molecule has 0 aromatic carbocycles. The summed E-state index contributed by atoms with van der Waals surface area (Å²) < 4.78 is 1.88. The topological polar surface area (TPSA) is 34.9 Å². The zero-order valence-corrected chi connectivity index (χ0v) is 12.5. The van der Waals surface area contributed by atoms with Crippen LogP contribution < -0.4 is 0 Å². The summed E-state index contributed by atoms with van der Waals surface area (Å²) in [6.45, 7) is 4.17. The van der Waals surface area contributed by atoms with Crippen molar-refractivity contribution < 1.29 is 4.79 Å². The third-order valence-electron chi connectivity index (χ3n) is 4.32. The van der Waals surface area contributed by atoms with Gasteiger partial charge in [0.25, 0.3) is 0 Å². The van der Waals surface area contributed by atoms with E-state index in [2.05, 4.69) is 30.7 Å². The van der Waals surface area contributed by atoms with E-state index >= 15 is 0 Å². The Morgan fingerprint density at radius 3 is 2.63 bits per heavy atom. The van der Waals surface area contributed by atoms with Crippen LogP contribution >= 0.6 is 11.8 Å². The predicted molar refractivity (Wildman–Crippen MR) is 78.7 cm³/mol. The average Bonchev–Trinajstić information content (AvgIpc) is 2.87. The Bertz CT molecular complexity index is 456. The molecule has 3 heterocycles. The molecule has 104 valence electrons. The highest BCUT2D eigenvalue weighted by Gasteiger charge is 2.36. The van der Waals surface area contributed by atoms with Crippen molar-refractivity contribution in [2.24, 2.45) is 5.92 Å². The van der Waals surface area contributed by atoms with E-state index in [0.29, 0.717) is 11.8 Å². The second-order valence-corrected chi connectivity index (χ2v) is 7.75. The molecule has 3 nitrogen and oxygen atoms in total. The maximum atomic E-state index is 12.6. The first-order valence-corrected chi connectivity index (χ1v) is 8.31. The fraction of sp³-hybridized carbons (Fsp3) is 0.733. The van der Waals surface area contributed by atoms with Gasteiger partial charge in [0.1, 0.15) is 0 Å². The van der Waals surface area contributed by atoms with Crippen LogP contribution in [0.1, 0.15) is 62.4 Å². The molecule has 0 amide bonds. The minimum Gasteiger partial charge on any atom is -0.294 e. The highest BCUT2D eigenvalue weighted by molar-refractivity contribution is 8.00. The lowest BCUT2D eigenvalue weighted by atomic mass is 9.85. The van der Waals surface area contributed by atoms with Crippen LogP contribution in [0, 0.1) is 5.92 Å². The van der Waals surface area contributed by atoms with Crippen LogP contribution in [0.2, 0.25) is 0 Å². The van der Waals surface area contributed by atoms with E-state index in [4.69, 9.17) is 0 Å². The van der Waals surface area contributed by atoms with Gasteiger partial charge in [0.15, 0.2) is 5.78 Å². The van der Waals surface area contributed by atoms with Crippen LogP contribution in [0.15, 0.2) is 12.4 Å². The Hall–Kier alpha value is -0.770. The molecule has 2 fully saturated rings.